The standard InChI is InChI=1S/C29H35NO3S.CH2O2/c1-2-3-4-9-19-33-27-13-8-7-12-26(27)29(32)30(25-10-5-6-11-25)28(31)23-16-14-22(15-17-23)24-18-20-34-21-24;2-1-3/h7-8,12-18,20-21,25,29,32H,2-6,9-11,19H2,1H3;1H,(H,2,3). The zero-order valence-electron chi connectivity index (χ0n) is 21.4. The molecule has 1 unspecified atom stereocenters. The molecule has 1 aliphatic rings. The second-order valence-electron chi connectivity index (χ2n) is 9.17. The van der Waals surface area contributed by atoms with Gasteiger partial charge in [-0.25, -0.2) is 0 Å². The van der Waals surface area contributed by atoms with Crippen molar-refractivity contribution >= 4 is 23.7 Å². The summed E-state index contributed by atoms with van der Waals surface area (Å²) in [5.74, 6) is 0.532. The van der Waals surface area contributed by atoms with E-state index in [1.54, 1.807) is 16.2 Å². The molecule has 1 amide bonds. The Morgan fingerprint density at radius 1 is 1.05 bits per heavy atom. The number of unbranched alkanes of at least 4 members (excludes halogenated alkanes) is 3. The molecule has 1 saturated carbocycles. The Balaban J connectivity index is 0.00000121. The van der Waals surface area contributed by atoms with Gasteiger partial charge in [0.15, 0.2) is 6.23 Å². The molecule has 1 atom stereocenters. The molecule has 3 aromatic rings. The Morgan fingerprint density at radius 3 is 2.41 bits per heavy atom. The average molecular weight is 524 g/mol. The highest BCUT2D eigenvalue weighted by Gasteiger charge is 2.34. The van der Waals surface area contributed by atoms with Gasteiger partial charge in [-0.2, -0.15) is 11.3 Å². The van der Waals surface area contributed by atoms with E-state index in [0.29, 0.717) is 23.5 Å². The molecule has 1 aliphatic carbocycles. The minimum Gasteiger partial charge on any atom is -0.493 e. The van der Waals surface area contributed by atoms with Crippen LogP contribution in [0.1, 0.15) is 80.4 Å². The summed E-state index contributed by atoms with van der Waals surface area (Å²) in [7, 11) is 0. The first-order valence-electron chi connectivity index (χ1n) is 13.0. The van der Waals surface area contributed by atoms with Crippen LogP contribution >= 0.6 is 11.3 Å². The summed E-state index contributed by atoms with van der Waals surface area (Å²) in [5.41, 5.74) is 3.50. The number of para-hydroxylation sites is 1. The maximum atomic E-state index is 13.7. The zero-order valence-corrected chi connectivity index (χ0v) is 22.2. The molecule has 1 heterocycles. The van der Waals surface area contributed by atoms with Gasteiger partial charge in [0.2, 0.25) is 0 Å². The lowest BCUT2D eigenvalue weighted by Crippen LogP contribution is -2.42. The van der Waals surface area contributed by atoms with Crippen molar-refractivity contribution < 1.29 is 24.5 Å². The van der Waals surface area contributed by atoms with Crippen LogP contribution in [0.5, 0.6) is 5.75 Å². The van der Waals surface area contributed by atoms with Crippen molar-refractivity contribution in [2.24, 2.45) is 0 Å². The Bertz CT molecular complexity index is 1080. The molecule has 2 N–H and O–H groups in total. The summed E-state index contributed by atoms with van der Waals surface area (Å²) < 4.78 is 6.06. The Hall–Kier alpha value is -3.16. The smallest absolute Gasteiger partial charge is 0.290 e. The van der Waals surface area contributed by atoms with E-state index in [2.05, 4.69) is 23.8 Å². The van der Waals surface area contributed by atoms with Crippen molar-refractivity contribution in [1.82, 2.24) is 4.90 Å². The molecular weight excluding hydrogens is 486 g/mol. The van der Waals surface area contributed by atoms with Crippen LogP contribution in [0.15, 0.2) is 65.4 Å². The van der Waals surface area contributed by atoms with E-state index >= 15 is 0 Å². The number of thiophene rings is 1. The maximum absolute atomic E-state index is 13.7. The molecule has 198 valence electrons. The number of carbonyl (C=O) groups is 2. The normalized spacial score (nSPS) is 13.9. The molecule has 4 rings (SSSR count). The fourth-order valence-electron chi connectivity index (χ4n) is 4.73. The average Bonchev–Trinajstić information content (AvgIpc) is 3.65. The molecule has 2 aromatic carbocycles. The molecule has 1 fully saturated rings. The quantitative estimate of drug-likeness (QED) is 0.158. The number of hydrogen-bond donors (Lipinski definition) is 2. The molecule has 0 saturated heterocycles. The first-order valence-corrected chi connectivity index (χ1v) is 14.0. The Labute approximate surface area is 223 Å². The van der Waals surface area contributed by atoms with E-state index in [0.717, 1.165) is 49.7 Å². The molecule has 37 heavy (non-hydrogen) atoms. The van der Waals surface area contributed by atoms with Crippen LogP contribution < -0.4 is 4.74 Å². The minimum absolute atomic E-state index is 0.0247. The van der Waals surface area contributed by atoms with Crippen LogP contribution in [0.2, 0.25) is 0 Å². The first kappa shape index (κ1) is 28.4. The molecule has 0 bridgehead atoms. The third kappa shape index (κ3) is 7.91. The van der Waals surface area contributed by atoms with Gasteiger partial charge in [-0.1, -0.05) is 69.4 Å². The number of rotatable bonds is 11. The molecule has 0 aliphatic heterocycles. The van der Waals surface area contributed by atoms with Crippen LogP contribution in [0.25, 0.3) is 11.1 Å². The van der Waals surface area contributed by atoms with Gasteiger partial charge in [0.25, 0.3) is 12.4 Å². The molecule has 1 aromatic heterocycles. The highest BCUT2D eigenvalue weighted by Crippen LogP contribution is 2.35. The van der Waals surface area contributed by atoms with Gasteiger partial charge >= 0.3 is 0 Å². The summed E-state index contributed by atoms with van der Waals surface area (Å²) in [4.78, 5) is 23.8. The third-order valence-electron chi connectivity index (χ3n) is 6.66. The molecule has 7 heteroatoms. The van der Waals surface area contributed by atoms with Gasteiger partial charge < -0.3 is 19.8 Å². The Morgan fingerprint density at radius 2 is 1.76 bits per heavy atom. The van der Waals surface area contributed by atoms with Crippen molar-refractivity contribution in [3.05, 3.63) is 76.5 Å². The van der Waals surface area contributed by atoms with Gasteiger partial charge in [-0.3, -0.25) is 9.59 Å². The molecular formula is C30H37NO5S. The van der Waals surface area contributed by atoms with Crippen LogP contribution in [0, 0.1) is 0 Å². The van der Waals surface area contributed by atoms with E-state index in [9.17, 15) is 9.90 Å². The lowest BCUT2D eigenvalue weighted by molar-refractivity contribution is -0.122. The molecule has 6 nitrogen and oxygen atoms in total. The fraction of sp³-hybridized carbons (Fsp3) is 0.400. The number of aliphatic hydroxyl groups is 1. The van der Waals surface area contributed by atoms with E-state index in [1.165, 1.54) is 12.8 Å². The predicted octanol–water partition coefficient (Wildman–Crippen LogP) is 7.15. The number of aliphatic hydroxyl groups excluding tert-OH is 1. The number of ether oxygens (including phenoxy) is 1. The van der Waals surface area contributed by atoms with Crippen molar-refractivity contribution in [1.29, 1.82) is 0 Å². The second-order valence-corrected chi connectivity index (χ2v) is 9.95. The van der Waals surface area contributed by atoms with E-state index in [4.69, 9.17) is 14.6 Å². The summed E-state index contributed by atoms with van der Waals surface area (Å²) in [6, 6.07) is 17.4. The van der Waals surface area contributed by atoms with Gasteiger partial charge in [0, 0.05) is 17.2 Å². The number of benzene rings is 2. The van der Waals surface area contributed by atoms with E-state index in [1.807, 2.05) is 48.5 Å². The van der Waals surface area contributed by atoms with Crippen molar-refractivity contribution in [2.45, 2.75) is 70.6 Å². The summed E-state index contributed by atoms with van der Waals surface area (Å²) >= 11 is 1.66. The van der Waals surface area contributed by atoms with Gasteiger partial charge in [-0.05, 0) is 65.4 Å². The van der Waals surface area contributed by atoms with Crippen LogP contribution in [0.3, 0.4) is 0 Å². The van der Waals surface area contributed by atoms with Crippen molar-refractivity contribution in [2.75, 3.05) is 6.61 Å². The fourth-order valence-corrected chi connectivity index (χ4v) is 5.39. The highest BCUT2D eigenvalue weighted by atomic mass is 32.1. The van der Waals surface area contributed by atoms with Gasteiger partial charge in [-0.15, -0.1) is 0 Å². The number of nitrogens with zero attached hydrogens (tertiary/aromatic N) is 1. The summed E-state index contributed by atoms with van der Waals surface area (Å²) in [6.07, 6.45) is 7.44. The lowest BCUT2D eigenvalue weighted by Gasteiger charge is -2.34. The number of carboxylic acid groups (broad SMARTS) is 1. The minimum atomic E-state index is -1.04. The number of carbonyl (C=O) groups excluding carboxylic acids is 1. The van der Waals surface area contributed by atoms with Crippen molar-refractivity contribution in [3.63, 3.8) is 0 Å². The van der Waals surface area contributed by atoms with Crippen molar-refractivity contribution in [3.8, 4) is 16.9 Å². The van der Waals surface area contributed by atoms with E-state index < -0.39 is 6.23 Å². The molecule has 0 spiro atoms. The van der Waals surface area contributed by atoms with E-state index in [-0.39, 0.29) is 18.4 Å². The second kappa shape index (κ2) is 15.2. The van der Waals surface area contributed by atoms with Gasteiger partial charge in [0.1, 0.15) is 5.75 Å². The van der Waals surface area contributed by atoms with Crippen LogP contribution in [-0.4, -0.2) is 40.1 Å². The third-order valence-corrected chi connectivity index (χ3v) is 7.34. The zero-order chi connectivity index (χ0) is 26.5. The maximum Gasteiger partial charge on any atom is 0.290 e. The molecule has 0 radical (unpaired) electrons. The number of amides is 1. The topological polar surface area (TPSA) is 87.1 Å². The SMILES string of the molecule is CCCCCCOc1ccccc1C(O)N(C(=O)c1ccc(-c2ccsc2)cc1)C1CCCC1.O=CO. The summed E-state index contributed by atoms with van der Waals surface area (Å²) in [5, 5.41) is 22.6. The predicted molar refractivity (Wildman–Crippen MR) is 148 cm³/mol. The van der Waals surface area contributed by atoms with Crippen LogP contribution in [0.4, 0.5) is 0 Å². The summed E-state index contributed by atoms with van der Waals surface area (Å²) in [6.45, 7) is 2.56. The van der Waals surface area contributed by atoms with Crippen LogP contribution in [-0.2, 0) is 4.79 Å². The van der Waals surface area contributed by atoms with Gasteiger partial charge in [0.05, 0.1) is 6.61 Å². The highest BCUT2D eigenvalue weighted by molar-refractivity contribution is 7.08. The largest absolute Gasteiger partial charge is 0.493 e. The number of hydrogen-bond acceptors (Lipinski definition) is 5. The monoisotopic (exact) mass is 523 g/mol. The first-order chi connectivity index (χ1) is 18.1. The lowest BCUT2D eigenvalue weighted by atomic mass is 10.0. The Kier molecular flexibility index (Phi) is 11.7.